The van der Waals surface area contributed by atoms with Gasteiger partial charge in [0.2, 0.25) is 5.91 Å². The van der Waals surface area contributed by atoms with Crippen LogP contribution in [0, 0.1) is 6.92 Å². The van der Waals surface area contributed by atoms with E-state index >= 15 is 0 Å². The number of hydrogen-bond donors (Lipinski definition) is 1. The molecule has 3 aromatic rings. The van der Waals surface area contributed by atoms with E-state index in [0.717, 1.165) is 22.4 Å². The van der Waals surface area contributed by atoms with Gasteiger partial charge in [-0.3, -0.25) is 9.10 Å². The van der Waals surface area contributed by atoms with Gasteiger partial charge >= 0.3 is 0 Å². The monoisotopic (exact) mass is 480 g/mol. The maximum absolute atomic E-state index is 13.6. The molecule has 180 valence electrons. The highest BCUT2D eigenvalue weighted by atomic mass is 32.2. The largest absolute Gasteiger partial charge is 0.491 e. The second kappa shape index (κ2) is 11.2. The van der Waals surface area contributed by atoms with Gasteiger partial charge in [-0.15, -0.1) is 0 Å². The number of aryl methyl sites for hydroxylation is 2. The Balaban J connectivity index is 1.81. The molecule has 0 aliphatic rings. The van der Waals surface area contributed by atoms with Crippen molar-refractivity contribution in [2.24, 2.45) is 0 Å². The van der Waals surface area contributed by atoms with Crippen molar-refractivity contribution in [3.05, 3.63) is 89.5 Å². The molecule has 0 heterocycles. The van der Waals surface area contributed by atoms with E-state index in [0.29, 0.717) is 12.1 Å². The van der Waals surface area contributed by atoms with Gasteiger partial charge in [-0.25, -0.2) is 8.42 Å². The lowest BCUT2D eigenvalue weighted by Crippen LogP contribution is -2.41. The number of carbonyl (C=O) groups excluding carboxylic acids is 1. The molecule has 0 atom stereocenters. The molecule has 3 aromatic carbocycles. The lowest BCUT2D eigenvalue weighted by Gasteiger charge is -2.26. The van der Waals surface area contributed by atoms with E-state index < -0.39 is 10.0 Å². The summed E-state index contributed by atoms with van der Waals surface area (Å²) in [5, 5.41) is 2.84. The Bertz CT molecular complexity index is 1200. The van der Waals surface area contributed by atoms with Gasteiger partial charge in [0.25, 0.3) is 10.0 Å². The molecule has 0 bridgehead atoms. The van der Waals surface area contributed by atoms with Gasteiger partial charge < -0.3 is 10.1 Å². The zero-order chi connectivity index (χ0) is 24.7. The standard InChI is InChI=1S/C27H32N2O4S/c1-5-23-8-6-7-9-26(23)29(34(31,32)25-16-10-21(4)11-17-25)19-27(30)28-18-22-12-14-24(15-13-22)33-20(2)3/h6-17,20H,5,18-19H2,1-4H3,(H,28,30). The maximum Gasteiger partial charge on any atom is 0.264 e. The molecule has 3 rings (SSSR count). The number of anilines is 1. The lowest BCUT2D eigenvalue weighted by atomic mass is 10.1. The number of rotatable bonds is 10. The van der Waals surface area contributed by atoms with Gasteiger partial charge in [-0.1, -0.05) is 55.0 Å². The first-order chi connectivity index (χ1) is 16.2. The van der Waals surface area contributed by atoms with Crippen molar-refractivity contribution in [3.8, 4) is 5.75 Å². The number of para-hydroxylation sites is 1. The third-order valence-corrected chi connectivity index (χ3v) is 7.10. The first kappa shape index (κ1) is 25.3. The molecule has 0 radical (unpaired) electrons. The Morgan fingerprint density at radius 1 is 0.971 bits per heavy atom. The van der Waals surface area contributed by atoms with Crippen LogP contribution in [-0.2, 0) is 27.8 Å². The van der Waals surface area contributed by atoms with E-state index in [1.54, 1.807) is 36.4 Å². The van der Waals surface area contributed by atoms with E-state index in [1.165, 1.54) is 4.31 Å². The molecule has 0 spiro atoms. The van der Waals surface area contributed by atoms with Crippen LogP contribution in [0.1, 0.15) is 37.5 Å². The number of hydrogen-bond acceptors (Lipinski definition) is 4. The molecular formula is C27H32N2O4S. The summed E-state index contributed by atoms with van der Waals surface area (Å²) >= 11 is 0. The molecule has 0 aliphatic carbocycles. The van der Waals surface area contributed by atoms with Crippen LogP contribution < -0.4 is 14.4 Å². The third-order valence-electron chi connectivity index (χ3n) is 5.32. The van der Waals surface area contributed by atoms with Crippen molar-refractivity contribution in [1.82, 2.24) is 5.32 Å². The Morgan fingerprint density at radius 2 is 1.62 bits per heavy atom. The van der Waals surface area contributed by atoms with Crippen LogP contribution in [0.5, 0.6) is 5.75 Å². The number of nitrogens with one attached hydrogen (secondary N) is 1. The Hall–Kier alpha value is -3.32. The second-order valence-corrected chi connectivity index (χ2v) is 10.3. The van der Waals surface area contributed by atoms with E-state index in [9.17, 15) is 13.2 Å². The quantitative estimate of drug-likeness (QED) is 0.450. The molecule has 0 saturated carbocycles. The number of carbonyl (C=O) groups is 1. The second-order valence-electron chi connectivity index (χ2n) is 8.39. The van der Waals surface area contributed by atoms with Crippen molar-refractivity contribution in [2.45, 2.75) is 51.7 Å². The first-order valence-corrected chi connectivity index (χ1v) is 12.8. The molecule has 0 aliphatic heterocycles. The normalized spacial score (nSPS) is 11.3. The highest BCUT2D eigenvalue weighted by molar-refractivity contribution is 7.92. The summed E-state index contributed by atoms with van der Waals surface area (Å²) in [7, 11) is -3.94. The lowest BCUT2D eigenvalue weighted by molar-refractivity contribution is -0.119. The molecule has 7 heteroatoms. The number of amides is 1. The molecule has 0 unspecified atom stereocenters. The van der Waals surface area contributed by atoms with Crippen LogP contribution in [0.3, 0.4) is 0 Å². The average molecular weight is 481 g/mol. The van der Waals surface area contributed by atoms with Gasteiger partial charge in [0, 0.05) is 6.54 Å². The predicted molar refractivity (Wildman–Crippen MR) is 136 cm³/mol. The molecule has 6 nitrogen and oxygen atoms in total. The highest BCUT2D eigenvalue weighted by Crippen LogP contribution is 2.27. The fourth-order valence-electron chi connectivity index (χ4n) is 3.54. The van der Waals surface area contributed by atoms with Gasteiger partial charge in [0.05, 0.1) is 16.7 Å². The van der Waals surface area contributed by atoms with Crippen LogP contribution in [0.2, 0.25) is 0 Å². The Labute approximate surface area is 202 Å². The van der Waals surface area contributed by atoms with E-state index in [-0.39, 0.29) is 30.0 Å². The van der Waals surface area contributed by atoms with Crippen molar-refractivity contribution >= 4 is 21.6 Å². The van der Waals surface area contributed by atoms with Crippen molar-refractivity contribution < 1.29 is 17.9 Å². The minimum Gasteiger partial charge on any atom is -0.491 e. The fraction of sp³-hybridized carbons (Fsp3) is 0.296. The Morgan fingerprint density at radius 3 is 2.24 bits per heavy atom. The average Bonchev–Trinajstić information content (AvgIpc) is 2.82. The van der Waals surface area contributed by atoms with Gasteiger partial charge in [-0.2, -0.15) is 0 Å². The highest BCUT2D eigenvalue weighted by Gasteiger charge is 2.28. The predicted octanol–water partition coefficient (Wildman–Crippen LogP) is 4.86. The first-order valence-electron chi connectivity index (χ1n) is 11.4. The zero-order valence-electron chi connectivity index (χ0n) is 20.1. The summed E-state index contributed by atoms with van der Waals surface area (Å²) in [6.07, 6.45) is 0.723. The number of benzene rings is 3. The molecule has 0 fully saturated rings. The topological polar surface area (TPSA) is 75.7 Å². The van der Waals surface area contributed by atoms with Crippen molar-refractivity contribution in [2.75, 3.05) is 10.8 Å². The van der Waals surface area contributed by atoms with Gasteiger partial charge in [-0.05, 0) is 68.7 Å². The minimum atomic E-state index is -3.94. The van der Waals surface area contributed by atoms with Crippen LogP contribution >= 0.6 is 0 Å². The van der Waals surface area contributed by atoms with Crippen LogP contribution in [-0.4, -0.2) is 27.0 Å². The summed E-state index contributed by atoms with van der Waals surface area (Å²) in [5.74, 6) is 0.376. The smallest absolute Gasteiger partial charge is 0.264 e. The zero-order valence-corrected chi connectivity index (χ0v) is 20.9. The van der Waals surface area contributed by atoms with E-state index in [4.69, 9.17) is 4.74 Å². The van der Waals surface area contributed by atoms with Crippen LogP contribution in [0.25, 0.3) is 0 Å². The minimum absolute atomic E-state index is 0.0815. The summed E-state index contributed by atoms with van der Waals surface area (Å²) in [5.41, 5.74) is 3.22. The molecule has 34 heavy (non-hydrogen) atoms. The van der Waals surface area contributed by atoms with Crippen molar-refractivity contribution in [3.63, 3.8) is 0 Å². The van der Waals surface area contributed by atoms with Crippen LogP contribution in [0.4, 0.5) is 5.69 Å². The number of nitrogens with zero attached hydrogens (tertiary/aromatic N) is 1. The summed E-state index contributed by atoms with van der Waals surface area (Å²) in [6.45, 7) is 7.75. The molecule has 1 amide bonds. The van der Waals surface area contributed by atoms with Crippen molar-refractivity contribution in [1.29, 1.82) is 0 Å². The van der Waals surface area contributed by atoms with E-state index in [2.05, 4.69) is 5.32 Å². The van der Waals surface area contributed by atoms with Crippen LogP contribution in [0.15, 0.2) is 77.7 Å². The molecular weight excluding hydrogens is 448 g/mol. The van der Waals surface area contributed by atoms with E-state index in [1.807, 2.05) is 64.1 Å². The Kier molecular flexibility index (Phi) is 8.34. The fourth-order valence-corrected chi connectivity index (χ4v) is 4.99. The molecule has 1 N–H and O–H groups in total. The van der Waals surface area contributed by atoms with Gasteiger partial charge in [0.1, 0.15) is 12.3 Å². The van der Waals surface area contributed by atoms with Gasteiger partial charge in [0.15, 0.2) is 0 Å². The summed E-state index contributed by atoms with van der Waals surface area (Å²) < 4.78 is 34.0. The number of ether oxygens (including phenoxy) is 1. The third kappa shape index (κ3) is 6.38. The molecule has 0 saturated heterocycles. The SMILES string of the molecule is CCc1ccccc1N(CC(=O)NCc1ccc(OC(C)C)cc1)S(=O)(=O)c1ccc(C)cc1. The molecule has 0 aromatic heterocycles. The maximum atomic E-state index is 13.6. The summed E-state index contributed by atoms with van der Waals surface area (Å²) in [6, 6.07) is 21.4. The number of sulfonamides is 1. The summed E-state index contributed by atoms with van der Waals surface area (Å²) in [4.78, 5) is 13.1.